The molecular weight excluding hydrogens is 377 g/mol. The van der Waals surface area contributed by atoms with Gasteiger partial charge >= 0.3 is 0 Å². The Morgan fingerprint density at radius 3 is 2.13 bits per heavy atom. The van der Waals surface area contributed by atoms with E-state index >= 15 is 0 Å². The lowest BCUT2D eigenvalue weighted by Crippen LogP contribution is -2.40. The van der Waals surface area contributed by atoms with Crippen molar-refractivity contribution in [2.75, 3.05) is 6.61 Å². The number of rotatable bonds is 8. The number of halogens is 1. The Labute approximate surface area is 177 Å². The highest BCUT2D eigenvalue weighted by Gasteiger charge is 2.24. The Morgan fingerprint density at radius 1 is 0.867 bits per heavy atom. The van der Waals surface area contributed by atoms with Gasteiger partial charge in [-0.2, -0.15) is 0 Å². The van der Waals surface area contributed by atoms with Crippen LogP contribution in [0.15, 0.2) is 84.9 Å². The summed E-state index contributed by atoms with van der Waals surface area (Å²) in [6, 6.07) is 27.2. The Hall–Kier alpha value is -2.53. The molecule has 1 saturated heterocycles. The van der Waals surface area contributed by atoms with Crippen LogP contribution < -0.4 is 5.32 Å². The molecule has 3 aromatic carbocycles. The lowest BCUT2D eigenvalue weighted by molar-refractivity contribution is -0.107. The molecule has 3 nitrogen and oxygen atoms in total. The van der Waals surface area contributed by atoms with Gasteiger partial charge in [0.2, 0.25) is 0 Å². The molecule has 0 amide bonds. The van der Waals surface area contributed by atoms with Gasteiger partial charge < -0.3 is 9.47 Å². The van der Waals surface area contributed by atoms with Gasteiger partial charge in [0.15, 0.2) is 0 Å². The molecule has 30 heavy (non-hydrogen) atoms. The molecule has 0 unspecified atom stereocenters. The summed E-state index contributed by atoms with van der Waals surface area (Å²) in [5.41, 5.74) is 3.34. The smallest absolute Gasteiger partial charge is 0.123 e. The topological polar surface area (TPSA) is 30.5 Å². The third-order valence-corrected chi connectivity index (χ3v) is 5.45. The van der Waals surface area contributed by atoms with Gasteiger partial charge in [-0.3, -0.25) is 5.32 Å². The first-order valence-corrected chi connectivity index (χ1v) is 10.6. The first kappa shape index (κ1) is 20.7. The van der Waals surface area contributed by atoms with Crippen molar-refractivity contribution in [1.29, 1.82) is 0 Å². The molecule has 0 spiro atoms. The second-order valence-corrected chi connectivity index (χ2v) is 7.72. The Morgan fingerprint density at radius 2 is 1.50 bits per heavy atom. The molecular formula is C26H28FNO2. The second kappa shape index (κ2) is 10.5. The van der Waals surface area contributed by atoms with E-state index in [0.717, 1.165) is 36.0 Å². The number of nitrogens with one attached hydrogen (secondary N) is 1. The first-order chi connectivity index (χ1) is 14.8. The molecule has 1 aliphatic heterocycles. The Kier molecular flexibility index (Phi) is 7.25. The molecule has 0 saturated carbocycles. The van der Waals surface area contributed by atoms with Crippen LogP contribution in [0.1, 0.15) is 42.1 Å². The summed E-state index contributed by atoms with van der Waals surface area (Å²) in [7, 11) is 0. The van der Waals surface area contributed by atoms with Crippen LogP contribution in [0, 0.1) is 5.82 Å². The quantitative estimate of drug-likeness (QED) is 0.528. The maximum atomic E-state index is 13.1. The number of hydrogen-bond donors (Lipinski definition) is 1. The predicted octanol–water partition coefficient (Wildman–Crippen LogP) is 5.62. The fraction of sp³-hybridized carbons (Fsp3) is 0.308. The zero-order valence-electron chi connectivity index (χ0n) is 17.0. The van der Waals surface area contributed by atoms with Crippen molar-refractivity contribution in [2.24, 2.45) is 0 Å². The lowest BCUT2D eigenvalue weighted by Gasteiger charge is -2.32. The van der Waals surface area contributed by atoms with E-state index in [1.54, 1.807) is 12.1 Å². The van der Waals surface area contributed by atoms with Crippen molar-refractivity contribution in [2.45, 2.75) is 44.2 Å². The Bertz CT molecular complexity index is 846. The van der Waals surface area contributed by atoms with Crippen LogP contribution >= 0.6 is 0 Å². The van der Waals surface area contributed by atoms with Gasteiger partial charge in [-0.15, -0.1) is 0 Å². The SMILES string of the molecule is Fc1ccc(CN[C@@H]2CCC[C@H](COC(c3ccccc3)c3ccccc3)O2)cc1. The summed E-state index contributed by atoms with van der Waals surface area (Å²) in [4.78, 5) is 0. The third kappa shape index (κ3) is 5.76. The van der Waals surface area contributed by atoms with Crippen LogP contribution in [0.3, 0.4) is 0 Å². The summed E-state index contributed by atoms with van der Waals surface area (Å²) in [6.07, 6.45) is 2.99. The lowest BCUT2D eigenvalue weighted by atomic mass is 10.0. The molecule has 2 atom stereocenters. The fourth-order valence-electron chi connectivity index (χ4n) is 3.85. The van der Waals surface area contributed by atoms with E-state index in [-0.39, 0.29) is 24.3 Å². The van der Waals surface area contributed by atoms with E-state index in [0.29, 0.717) is 13.2 Å². The van der Waals surface area contributed by atoms with Crippen LogP contribution in [0.4, 0.5) is 4.39 Å². The zero-order valence-corrected chi connectivity index (χ0v) is 17.0. The molecule has 4 heteroatoms. The van der Waals surface area contributed by atoms with Gasteiger partial charge in [0.1, 0.15) is 18.1 Å². The summed E-state index contributed by atoms with van der Waals surface area (Å²) in [5, 5.41) is 3.44. The second-order valence-electron chi connectivity index (χ2n) is 7.72. The molecule has 0 aliphatic carbocycles. The maximum Gasteiger partial charge on any atom is 0.123 e. The van der Waals surface area contributed by atoms with E-state index in [1.807, 2.05) is 36.4 Å². The molecule has 0 aromatic heterocycles. The van der Waals surface area contributed by atoms with Crippen molar-refractivity contribution in [3.63, 3.8) is 0 Å². The molecule has 1 aliphatic rings. The van der Waals surface area contributed by atoms with Gasteiger partial charge in [-0.25, -0.2) is 4.39 Å². The number of benzene rings is 3. The van der Waals surface area contributed by atoms with Gasteiger partial charge in [-0.1, -0.05) is 72.8 Å². The highest BCUT2D eigenvalue weighted by molar-refractivity contribution is 5.29. The molecule has 3 aromatic rings. The van der Waals surface area contributed by atoms with E-state index in [1.165, 1.54) is 12.1 Å². The van der Waals surface area contributed by atoms with Crippen LogP contribution in [0.2, 0.25) is 0 Å². The normalized spacial score (nSPS) is 19.1. The van der Waals surface area contributed by atoms with Gasteiger partial charge in [-0.05, 0) is 48.1 Å². The van der Waals surface area contributed by atoms with Crippen LogP contribution in [-0.4, -0.2) is 18.9 Å². The minimum Gasteiger partial charge on any atom is -0.366 e. The highest BCUT2D eigenvalue weighted by Crippen LogP contribution is 2.27. The molecule has 1 heterocycles. The zero-order chi connectivity index (χ0) is 20.6. The highest BCUT2D eigenvalue weighted by atomic mass is 19.1. The van der Waals surface area contributed by atoms with Crippen molar-refractivity contribution < 1.29 is 13.9 Å². The average Bonchev–Trinajstić information content (AvgIpc) is 2.81. The van der Waals surface area contributed by atoms with E-state index < -0.39 is 0 Å². The molecule has 0 bridgehead atoms. The van der Waals surface area contributed by atoms with Crippen molar-refractivity contribution in [3.05, 3.63) is 107 Å². The van der Waals surface area contributed by atoms with E-state index in [9.17, 15) is 4.39 Å². The van der Waals surface area contributed by atoms with Gasteiger partial charge in [0, 0.05) is 6.54 Å². The van der Waals surface area contributed by atoms with Crippen molar-refractivity contribution in [3.8, 4) is 0 Å². The van der Waals surface area contributed by atoms with Gasteiger partial charge in [0.05, 0.1) is 12.7 Å². The van der Waals surface area contributed by atoms with Crippen molar-refractivity contribution in [1.82, 2.24) is 5.32 Å². The van der Waals surface area contributed by atoms with Crippen LogP contribution in [0.25, 0.3) is 0 Å². The molecule has 0 radical (unpaired) electrons. The number of ether oxygens (including phenoxy) is 2. The Balaban J connectivity index is 1.34. The minimum atomic E-state index is -0.212. The molecule has 4 rings (SSSR count). The van der Waals surface area contributed by atoms with E-state index in [2.05, 4.69) is 29.6 Å². The maximum absolute atomic E-state index is 13.1. The van der Waals surface area contributed by atoms with Crippen LogP contribution in [-0.2, 0) is 16.0 Å². The standard InChI is InChI=1S/C26H28FNO2/c27-23-16-14-20(15-17-23)18-28-25-13-7-12-24(30-25)19-29-26(21-8-3-1-4-9-21)22-10-5-2-6-11-22/h1-6,8-11,14-17,24-26,28H,7,12-13,18-19H2/t24-,25+/m1/s1. The molecule has 1 N–H and O–H groups in total. The first-order valence-electron chi connectivity index (χ1n) is 10.6. The molecule has 1 fully saturated rings. The minimum absolute atomic E-state index is 0.00990. The predicted molar refractivity (Wildman–Crippen MR) is 116 cm³/mol. The summed E-state index contributed by atoms with van der Waals surface area (Å²) < 4.78 is 25.7. The molecule has 156 valence electrons. The summed E-state index contributed by atoms with van der Waals surface area (Å²) >= 11 is 0. The number of hydrogen-bond acceptors (Lipinski definition) is 3. The van der Waals surface area contributed by atoms with Crippen LogP contribution in [0.5, 0.6) is 0 Å². The fourth-order valence-corrected chi connectivity index (χ4v) is 3.85. The third-order valence-electron chi connectivity index (χ3n) is 5.45. The summed E-state index contributed by atoms with van der Waals surface area (Å²) in [5.74, 6) is -0.212. The largest absolute Gasteiger partial charge is 0.366 e. The average molecular weight is 406 g/mol. The summed E-state index contributed by atoms with van der Waals surface area (Å²) in [6.45, 7) is 1.21. The van der Waals surface area contributed by atoms with Crippen molar-refractivity contribution >= 4 is 0 Å². The van der Waals surface area contributed by atoms with E-state index in [4.69, 9.17) is 9.47 Å². The monoisotopic (exact) mass is 405 g/mol. The van der Waals surface area contributed by atoms with Gasteiger partial charge in [0.25, 0.3) is 0 Å².